The molecule has 0 saturated carbocycles. The Morgan fingerprint density at radius 1 is 1.25 bits per heavy atom. The minimum Gasteiger partial charge on any atom is -0.384 e. The van der Waals surface area contributed by atoms with Gasteiger partial charge in [0.15, 0.2) is 0 Å². The molecule has 0 unspecified atom stereocenters. The average Bonchev–Trinajstić information content (AvgIpc) is 2.40. The molecule has 0 bridgehead atoms. The van der Waals surface area contributed by atoms with Gasteiger partial charge < -0.3 is 10.2 Å². The van der Waals surface area contributed by atoms with Gasteiger partial charge in [0.05, 0.1) is 4.90 Å². The van der Waals surface area contributed by atoms with Gasteiger partial charge in [-0.25, -0.2) is 13.6 Å². The van der Waals surface area contributed by atoms with E-state index in [9.17, 15) is 8.42 Å². The van der Waals surface area contributed by atoms with E-state index in [1.165, 1.54) is 25.0 Å². The molecule has 3 N–H and O–H groups in total. The molecule has 1 aliphatic heterocycles. The standard InChI is InChI=1S/C14H23N3O2S/c1-14(7-9-17(2)10-8-14)11-16-12-3-5-13(6-4-12)20(15,18)19/h3-6,16H,7-11H2,1-2H3,(H2,15,18,19). The second-order valence-corrected chi connectivity index (χ2v) is 7.60. The monoisotopic (exact) mass is 297 g/mol. The molecule has 20 heavy (non-hydrogen) atoms. The van der Waals surface area contributed by atoms with E-state index in [2.05, 4.69) is 24.2 Å². The van der Waals surface area contributed by atoms with Crippen molar-refractivity contribution in [3.63, 3.8) is 0 Å². The molecule has 1 aromatic rings. The average molecular weight is 297 g/mol. The van der Waals surface area contributed by atoms with Crippen LogP contribution in [-0.4, -0.2) is 40.0 Å². The minimum absolute atomic E-state index is 0.147. The van der Waals surface area contributed by atoms with Crippen molar-refractivity contribution in [2.45, 2.75) is 24.7 Å². The summed E-state index contributed by atoms with van der Waals surface area (Å²) in [5.41, 5.74) is 1.23. The summed E-state index contributed by atoms with van der Waals surface area (Å²) >= 11 is 0. The lowest BCUT2D eigenvalue weighted by Gasteiger charge is -2.38. The molecule has 112 valence electrons. The van der Waals surface area contributed by atoms with Gasteiger partial charge in [0.2, 0.25) is 10.0 Å². The van der Waals surface area contributed by atoms with Crippen LogP contribution in [0.5, 0.6) is 0 Å². The molecule has 0 amide bonds. The predicted molar refractivity (Wildman–Crippen MR) is 81.1 cm³/mol. The third-order valence-electron chi connectivity index (χ3n) is 4.10. The molecule has 0 spiro atoms. The molecule has 2 rings (SSSR count). The fourth-order valence-corrected chi connectivity index (χ4v) is 2.93. The highest BCUT2D eigenvalue weighted by molar-refractivity contribution is 7.89. The lowest BCUT2D eigenvalue weighted by molar-refractivity contribution is 0.150. The van der Waals surface area contributed by atoms with Gasteiger partial charge in [0.25, 0.3) is 0 Å². The quantitative estimate of drug-likeness (QED) is 0.882. The van der Waals surface area contributed by atoms with E-state index in [4.69, 9.17) is 5.14 Å². The normalized spacial score (nSPS) is 19.8. The first-order valence-corrected chi connectivity index (χ1v) is 8.38. The van der Waals surface area contributed by atoms with Crippen LogP contribution in [0.4, 0.5) is 5.69 Å². The highest BCUT2D eigenvalue weighted by Crippen LogP contribution is 2.30. The molecule has 0 aromatic heterocycles. The zero-order valence-electron chi connectivity index (χ0n) is 12.1. The molecule has 5 nitrogen and oxygen atoms in total. The van der Waals surface area contributed by atoms with E-state index in [-0.39, 0.29) is 4.90 Å². The van der Waals surface area contributed by atoms with Gasteiger partial charge in [-0.05, 0) is 62.7 Å². The van der Waals surface area contributed by atoms with Crippen LogP contribution in [0.15, 0.2) is 29.2 Å². The van der Waals surface area contributed by atoms with Crippen molar-refractivity contribution in [1.29, 1.82) is 0 Å². The van der Waals surface area contributed by atoms with Crippen molar-refractivity contribution in [3.05, 3.63) is 24.3 Å². The fraction of sp³-hybridized carbons (Fsp3) is 0.571. The van der Waals surface area contributed by atoms with E-state index in [0.717, 1.165) is 25.3 Å². The summed E-state index contributed by atoms with van der Waals surface area (Å²) in [7, 11) is -1.45. The Morgan fingerprint density at radius 3 is 2.30 bits per heavy atom. The van der Waals surface area contributed by atoms with Crippen molar-refractivity contribution < 1.29 is 8.42 Å². The van der Waals surface area contributed by atoms with Crippen molar-refractivity contribution >= 4 is 15.7 Å². The van der Waals surface area contributed by atoms with Gasteiger partial charge in [-0.3, -0.25) is 0 Å². The number of nitrogens with zero attached hydrogens (tertiary/aromatic N) is 1. The topological polar surface area (TPSA) is 75.4 Å². The Balaban J connectivity index is 1.94. The summed E-state index contributed by atoms with van der Waals surface area (Å²) in [5, 5.41) is 8.47. The van der Waals surface area contributed by atoms with Crippen LogP contribution in [0, 0.1) is 5.41 Å². The molecule has 1 aliphatic rings. The largest absolute Gasteiger partial charge is 0.384 e. The Kier molecular flexibility index (Phi) is 4.36. The van der Waals surface area contributed by atoms with Gasteiger partial charge in [-0.1, -0.05) is 6.92 Å². The molecule has 1 fully saturated rings. The van der Waals surface area contributed by atoms with Crippen LogP contribution in [-0.2, 0) is 10.0 Å². The maximum absolute atomic E-state index is 11.2. The number of rotatable bonds is 4. The first-order valence-electron chi connectivity index (χ1n) is 6.84. The first-order chi connectivity index (χ1) is 9.28. The summed E-state index contributed by atoms with van der Waals surface area (Å²) in [4.78, 5) is 2.50. The third kappa shape index (κ3) is 3.94. The molecule has 0 aliphatic carbocycles. The van der Waals surface area contributed by atoms with E-state index < -0.39 is 10.0 Å². The number of likely N-dealkylation sites (tertiary alicyclic amines) is 1. The third-order valence-corrected chi connectivity index (χ3v) is 5.03. The molecular weight excluding hydrogens is 274 g/mol. The number of benzene rings is 1. The SMILES string of the molecule is CN1CCC(C)(CNc2ccc(S(N)(=O)=O)cc2)CC1. The minimum atomic E-state index is -3.61. The van der Waals surface area contributed by atoms with Crippen LogP contribution in [0.1, 0.15) is 19.8 Å². The van der Waals surface area contributed by atoms with Crippen molar-refractivity contribution in [2.75, 3.05) is 32.0 Å². The Hall–Kier alpha value is -1.11. The number of hydrogen-bond donors (Lipinski definition) is 2. The lowest BCUT2D eigenvalue weighted by atomic mass is 9.80. The molecular formula is C14H23N3O2S. The highest BCUT2D eigenvalue weighted by Gasteiger charge is 2.28. The first kappa shape index (κ1) is 15.3. The highest BCUT2D eigenvalue weighted by atomic mass is 32.2. The molecule has 1 saturated heterocycles. The molecule has 0 radical (unpaired) electrons. The Bertz CT molecular complexity index is 546. The van der Waals surface area contributed by atoms with Gasteiger partial charge in [-0.2, -0.15) is 0 Å². The van der Waals surface area contributed by atoms with Crippen molar-refractivity contribution in [1.82, 2.24) is 4.90 Å². The zero-order valence-corrected chi connectivity index (χ0v) is 12.9. The number of piperidine rings is 1. The van der Waals surface area contributed by atoms with Gasteiger partial charge in [0, 0.05) is 12.2 Å². The summed E-state index contributed by atoms with van der Waals surface area (Å²) < 4.78 is 22.4. The number of sulfonamides is 1. The fourth-order valence-electron chi connectivity index (χ4n) is 2.41. The van der Waals surface area contributed by atoms with Crippen LogP contribution in [0.25, 0.3) is 0 Å². The Morgan fingerprint density at radius 2 is 1.80 bits per heavy atom. The second kappa shape index (κ2) is 5.71. The summed E-state index contributed by atoms with van der Waals surface area (Å²) in [6.07, 6.45) is 2.34. The van der Waals surface area contributed by atoms with Gasteiger partial charge in [-0.15, -0.1) is 0 Å². The Labute approximate surface area is 121 Å². The van der Waals surface area contributed by atoms with E-state index >= 15 is 0 Å². The maximum Gasteiger partial charge on any atom is 0.238 e. The number of hydrogen-bond acceptors (Lipinski definition) is 4. The maximum atomic E-state index is 11.2. The van der Waals surface area contributed by atoms with E-state index in [1.54, 1.807) is 12.1 Å². The van der Waals surface area contributed by atoms with Crippen LogP contribution in [0.2, 0.25) is 0 Å². The van der Waals surface area contributed by atoms with Crippen LogP contribution >= 0.6 is 0 Å². The van der Waals surface area contributed by atoms with E-state index in [0.29, 0.717) is 5.41 Å². The van der Waals surface area contributed by atoms with Crippen molar-refractivity contribution in [2.24, 2.45) is 10.6 Å². The number of primary sulfonamides is 1. The molecule has 6 heteroatoms. The number of anilines is 1. The van der Waals surface area contributed by atoms with E-state index in [1.807, 2.05) is 0 Å². The zero-order chi connectivity index (χ0) is 14.8. The molecule has 0 atom stereocenters. The van der Waals surface area contributed by atoms with Crippen LogP contribution in [0.3, 0.4) is 0 Å². The lowest BCUT2D eigenvalue weighted by Crippen LogP contribution is -2.40. The molecule has 1 aromatic carbocycles. The summed E-state index contributed by atoms with van der Waals surface area (Å²) in [6, 6.07) is 6.60. The van der Waals surface area contributed by atoms with Gasteiger partial charge in [0.1, 0.15) is 0 Å². The predicted octanol–water partition coefficient (Wildman–Crippen LogP) is 1.48. The molecule has 1 heterocycles. The van der Waals surface area contributed by atoms with Gasteiger partial charge >= 0.3 is 0 Å². The number of nitrogens with two attached hydrogens (primary N) is 1. The number of nitrogens with one attached hydrogen (secondary N) is 1. The second-order valence-electron chi connectivity index (χ2n) is 6.04. The summed E-state index contributed by atoms with van der Waals surface area (Å²) in [5.74, 6) is 0. The van der Waals surface area contributed by atoms with Crippen molar-refractivity contribution in [3.8, 4) is 0 Å². The summed E-state index contributed by atoms with van der Waals surface area (Å²) in [6.45, 7) is 5.45. The smallest absolute Gasteiger partial charge is 0.238 e. The van der Waals surface area contributed by atoms with Crippen LogP contribution < -0.4 is 10.5 Å².